The van der Waals surface area contributed by atoms with Gasteiger partial charge in [0.2, 0.25) is 0 Å². The van der Waals surface area contributed by atoms with E-state index in [1.54, 1.807) is 12.1 Å². The molecule has 1 saturated heterocycles. The van der Waals surface area contributed by atoms with Gasteiger partial charge in [-0.15, -0.1) is 0 Å². The fraction of sp³-hybridized carbons (Fsp3) is 0.462. The third kappa shape index (κ3) is 3.28. The molecule has 18 heavy (non-hydrogen) atoms. The predicted octanol–water partition coefficient (Wildman–Crippen LogP) is 4.35. The molecule has 1 fully saturated rings. The zero-order chi connectivity index (χ0) is 13.1. The van der Waals surface area contributed by atoms with Gasteiger partial charge in [0.05, 0.1) is 5.56 Å². The molecule has 1 heterocycles. The van der Waals surface area contributed by atoms with E-state index in [-0.39, 0.29) is 5.91 Å². The molecular formula is C13H14Br2ClNO. The van der Waals surface area contributed by atoms with Crippen molar-refractivity contribution in [3.05, 3.63) is 33.3 Å². The number of carbonyl (C=O) groups excluding carboxylic acids is 1. The largest absolute Gasteiger partial charge is 0.338 e. The lowest BCUT2D eigenvalue weighted by Gasteiger charge is -2.17. The molecule has 2 rings (SSSR count). The SMILES string of the molecule is O=C(c1cc(Cl)ccc1Br)N1CCC(CCBr)C1. The predicted molar refractivity (Wildman–Crippen MR) is 81.6 cm³/mol. The highest BCUT2D eigenvalue weighted by molar-refractivity contribution is 9.10. The fourth-order valence-electron chi connectivity index (χ4n) is 2.24. The van der Waals surface area contributed by atoms with Crippen LogP contribution in [0.2, 0.25) is 5.02 Å². The molecule has 0 bridgehead atoms. The summed E-state index contributed by atoms with van der Waals surface area (Å²) in [5.41, 5.74) is 0.655. The van der Waals surface area contributed by atoms with Crippen LogP contribution in [0, 0.1) is 5.92 Å². The number of carbonyl (C=O) groups is 1. The number of amides is 1. The Kier molecular flexibility index (Phi) is 5.10. The van der Waals surface area contributed by atoms with Crippen LogP contribution in [-0.4, -0.2) is 29.2 Å². The van der Waals surface area contributed by atoms with E-state index in [0.717, 1.165) is 35.7 Å². The number of benzene rings is 1. The van der Waals surface area contributed by atoms with Crippen LogP contribution in [0.4, 0.5) is 0 Å². The van der Waals surface area contributed by atoms with Gasteiger partial charge in [-0.05, 0) is 52.9 Å². The minimum Gasteiger partial charge on any atom is -0.338 e. The lowest BCUT2D eigenvalue weighted by atomic mass is 10.1. The summed E-state index contributed by atoms with van der Waals surface area (Å²) in [6, 6.07) is 5.33. The Morgan fingerprint density at radius 1 is 1.50 bits per heavy atom. The van der Waals surface area contributed by atoms with Crippen LogP contribution in [0.15, 0.2) is 22.7 Å². The Morgan fingerprint density at radius 2 is 2.28 bits per heavy atom. The fourth-order valence-corrected chi connectivity index (χ4v) is 3.47. The van der Waals surface area contributed by atoms with Crippen LogP contribution in [0.25, 0.3) is 0 Å². The Morgan fingerprint density at radius 3 is 3.00 bits per heavy atom. The van der Waals surface area contributed by atoms with E-state index in [2.05, 4.69) is 31.9 Å². The van der Waals surface area contributed by atoms with Gasteiger partial charge < -0.3 is 4.90 Å². The van der Waals surface area contributed by atoms with Crippen LogP contribution in [-0.2, 0) is 0 Å². The van der Waals surface area contributed by atoms with Crippen molar-refractivity contribution < 1.29 is 4.79 Å². The Bertz CT molecular complexity index is 453. The summed E-state index contributed by atoms with van der Waals surface area (Å²) in [4.78, 5) is 14.3. The third-order valence-electron chi connectivity index (χ3n) is 3.25. The quantitative estimate of drug-likeness (QED) is 0.697. The summed E-state index contributed by atoms with van der Waals surface area (Å²) >= 11 is 12.8. The molecule has 98 valence electrons. The molecular weight excluding hydrogens is 381 g/mol. The molecule has 0 saturated carbocycles. The standard InChI is InChI=1S/C13H14Br2ClNO/c14-5-3-9-4-6-17(8-9)13(18)11-7-10(16)1-2-12(11)15/h1-2,7,9H,3-6,8H2. The summed E-state index contributed by atoms with van der Waals surface area (Å²) in [7, 11) is 0. The normalized spacial score (nSPS) is 19.3. The number of halogens is 3. The van der Waals surface area contributed by atoms with E-state index in [0.29, 0.717) is 16.5 Å². The summed E-state index contributed by atoms with van der Waals surface area (Å²) < 4.78 is 0.806. The molecule has 1 aromatic carbocycles. The molecule has 1 aromatic rings. The van der Waals surface area contributed by atoms with Crippen molar-refractivity contribution >= 4 is 49.4 Å². The van der Waals surface area contributed by atoms with Gasteiger partial charge in [0, 0.05) is 27.9 Å². The van der Waals surface area contributed by atoms with E-state index in [1.807, 2.05) is 11.0 Å². The van der Waals surface area contributed by atoms with E-state index in [4.69, 9.17) is 11.6 Å². The van der Waals surface area contributed by atoms with Crippen molar-refractivity contribution in [2.45, 2.75) is 12.8 Å². The zero-order valence-electron chi connectivity index (χ0n) is 9.83. The van der Waals surface area contributed by atoms with Crippen LogP contribution in [0.5, 0.6) is 0 Å². The second kappa shape index (κ2) is 6.40. The molecule has 0 aliphatic carbocycles. The monoisotopic (exact) mass is 393 g/mol. The third-order valence-corrected chi connectivity index (χ3v) is 4.63. The van der Waals surface area contributed by atoms with Crippen molar-refractivity contribution in [2.75, 3.05) is 18.4 Å². The lowest BCUT2D eigenvalue weighted by molar-refractivity contribution is 0.0786. The van der Waals surface area contributed by atoms with E-state index >= 15 is 0 Å². The van der Waals surface area contributed by atoms with Crippen molar-refractivity contribution in [1.82, 2.24) is 4.90 Å². The topological polar surface area (TPSA) is 20.3 Å². The number of nitrogens with zero attached hydrogens (tertiary/aromatic N) is 1. The Hall–Kier alpha value is -0.0600. The van der Waals surface area contributed by atoms with Crippen LogP contribution < -0.4 is 0 Å². The van der Waals surface area contributed by atoms with Crippen LogP contribution in [0.1, 0.15) is 23.2 Å². The smallest absolute Gasteiger partial charge is 0.255 e. The van der Waals surface area contributed by atoms with Crippen molar-refractivity contribution in [3.63, 3.8) is 0 Å². The Labute approximate surface area is 129 Å². The van der Waals surface area contributed by atoms with E-state index in [9.17, 15) is 4.79 Å². The maximum atomic E-state index is 12.4. The van der Waals surface area contributed by atoms with Gasteiger partial charge in [-0.2, -0.15) is 0 Å². The molecule has 0 spiro atoms. The Balaban J connectivity index is 2.10. The number of hydrogen-bond acceptors (Lipinski definition) is 1. The number of likely N-dealkylation sites (tertiary alicyclic amines) is 1. The molecule has 1 atom stereocenters. The minimum atomic E-state index is 0.0708. The first-order valence-electron chi connectivity index (χ1n) is 5.92. The number of rotatable bonds is 3. The van der Waals surface area contributed by atoms with Gasteiger partial charge in [0.1, 0.15) is 0 Å². The van der Waals surface area contributed by atoms with E-state index in [1.165, 1.54) is 0 Å². The average Bonchev–Trinajstić information content (AvgIpc) is 2.80. The van der Waals surface area contributed by atoms with Gasteiger partial charge in [-0.1, -0.05) is 27.5 Å². The first-order chi connectivity index (χ1) is 8.61. The van der Waals surface area contributed by atoms with Gasteiger partial charge >= 0.3 is 0 Å². The number of hydrogen-bond donors (Lipinski definition) is 0. The molecule has 1 aliphatic heterocycles. The second-order valence-electron chi connectivity index (χ2n) is 4.51. The van der Waals surface area contributed by atoms with Gasteiger partial charge in [0.25, 0.3) is 5.91 Å². The molecule has 0 radical (unpaired) electrons. The zero-order valence-corrected chi connectivity index (χ0v) is 13.8. The van der Waals surface area contributed by atoms with Crippen molar-refractivity contribution in [2.24, 2.45) is 5.92 Å². The summed E-state index contributed by atoms with van der Waals surface area (Å²) in [6.45, 7) is 1.69. The van der Waals surface area contributed by atoms with Crippen molar-refractivity contribution in [3.8, 4) is 0 Å². The lowest BCUT2D eigenvalue weighted by Crippen LogP contribution is -2.29. The average molecular weight is 396 g/mol. The summed E-state index contributed by atoms with van der Waals surface area (Å²) in [6.07, 6.45) is 2.22. The molecule has 0 aromatic heterocycles. The maximum absolute atomic E-state index is 12.4. The van der Waals surface area contributed by atoms with Crippen molar-refractivity contribution in [1.29, 1.82) is 0 Å². The molecule has 5 heteroatoms. The van der Waals surface area contributed by atoms with E-state index < -0.39 is 0 Å². The highest BCUT2D eigenvalue weighted by atomic mass is 79.9. The molecule has 1 amide bonds. The molecule has 1 unspecified atom stereocenters. The van der Waals surface area contributed by atoms with Gasteiger partial charge in [-0.25, -0.2) is 0 Å². The second-order valence-corrected chi connectivity index (χ2v) is 6.59. The minimum absolute atomic E-state index is 0.0708. The summed E-state index contributed by atoms with van der Waals surface area (Å²) in [5, 5.41) is 1.60. The highest BCUT2D eigenvalue weighted by Gasteiger charge is 2.27. The molecule has 0 N–H and O–H groups in total. The summed E-state index contributed by atoms with van der Waals surface area (Å²) in [5.74, 6) is 0.688. The number of alkyl halides is 1. The molecule has 2 nitrogen and oxygen atoms in total. The maximum Gasteiger partial charge on any atom is 0.255 e. The van der Waals surface area contributed by atoms with Crippen LogP contribution in [0.3, 0.4) is 0 Å². The first-order valence-corrected chi connectivity index (χ1v) is 8.21. The van der Waals surface area contributed by atoms with Gasteiger partial charge in [-0.3, -0.25) is 4.79 Å². The molecule has 1 aliphatic rings. The highest BCUT2D eigenvalue weighted by Crippen LogP contribution is 2.26. The van der Waals surface area contributed by atoms with Gasteiger partial charge in [0.15, 0.2) is 0 Å². The van der Waals surface area contributed by atoms with Crippen LogP contribution >= 0.6 is 43.5 Å². The first kappa shape index (κ1) is 14.4.